The number of hydrogen-bond donors (Lipinski definition) is 0. The molecule has 1 aliphatic rings. The minimum atomic E-state index is 0.339. The highest BCUT2D eigenvalue weighted by Gasteiger charge is 2.20. The Morgan fingerprint density at radius 2 is 2.12 bits per heavy atom. The van der Waals surface area contributed by atoms with Gasteiger partial charge in [0.1, 0.15) is 11.8 Å². The van der Waals surface area contributed by atoms with E-state index in [9.17, 15) is 0 Å². The molecule has 0 atom stereocenters. The van der Waals surface area contributed by atoms with Gasteiger partial charge < -0.3 is 9.64 Å². The van der Waals surface area contributed by atoms with Crippen molar-refractivity contribution in [2.45, 2.75) is 25.9 Å². The molecule has 0 spiro atoms. The number of nitrogens with zero attached hydrogens (tertiary/aromatic N) is 4. The first kappa shape index (κ1) is 11.8. The lowest BCUT2D eigenvalue weighted by Crippen LogP contribution is -2.37. The van der Waals surface area contributed by atoms with Crippen molar-refractivity contribution < 1.29 is 4.74 Å². The van der Waals surface area contributed by atoms with Gasteiger partial charge in [0.25, 0.3) is 0 Å². The van der Waals surface area contributed by atoms with Crippen LogP contribution in [-0.2, 0) is 4.74 Å². The monoisotopic (exact) mass is 232 g/mol. The summed E-state index contributed by atoms with van der Waals surface area (Å²) in [5, 5.41) is 8.89. The summed E-state index contributed by atoms with van der Waals surface area (Å²) >= 11 is 0. The molecule has 0 unspecified atom stereocenters. The van der Waals surface area contributed by atoms with Crippen LogP contribution in [0.5, 0.6) is 0 Å². The summed E-state index contributed by atoms with van der Waals surface area (Å²) in [6.07, 6.45) is 2.30. The Kier molecular flexibility index (Phi) is 3.55. The number of methoxy groups -OCH3 is 1. The molecule has 1 aromatic heterocycles. The molecule has 0 bridgehead atoms. The fourth-order valence-electron chi connectivity index (χ4n) is 2.04. The normalized spacial score (nSPS) is 16.9. The van der Waals surface area contributed by atoms with Gasteiger partial charge in [-0.05, 0) is 25.8 Å². The molecule has 0 aliphatic carbocycles. The predicted octanol–water partition coefficient (Wildman–Crippen LogP) is 1.27. The van der Waals surface area contributed by atoms with Crippen LogP contribution in [0.15, 0.2) is 6.07 Å². The van der Waals surface area contributed by atoms with Crippen molar-refractivity contribution in [1.82, 2.24) is 9.97 Å². The Bertz CT molecular complexity index is 433. The van der Waals surface area contributed by atoms with Crippen LogP contribution in [0.2, 0.25) is 0 Å². The highest BCUT2D eigenvalue weighted by atomic mass is 16.5. The van der Waals surface area contributed by atoms with Crippen molar-refractivity contribution in [1.29, 1.82) is 5.26 Å². The summed E-state index contributed by atoms with van der Waals surface area (Å²) in [6, 6.07) is 3.76. The van der Waals surface area contributed by atoms with Crippen molar-refractivity contribution in [2.75, 3.05) is 25.1 Å². The van der Waals surface area contributed by atoms with Gasteiger partial charge in [0.15, 0.2) is 0 Å². The lowest BCUT2D eigenvalue weighted by atomic mass is 10.1. The van der Waals surface area contributed by atoms with Crippen LogP contribution in [-0.4, -0.2) is 36.3 Å². The molecule has 2 rings (SSSR count). The third-order valence-corrected chi connectivity index (χ3v) is 3.02. The Balaban J connectivity index is 2.13. The van der Waals surface area contributed by atoms with E-state index in [1.165, 1.54) is 0 Å². The molecule has 90 valence electrons. The van der Waals surface area contributed by atoms with E-state index in [1.807, 2.05) is 6.92 Å². The molecular weight excluding hydrogens is 216 g/mol. The van der Waals surface area contributed by atoms with Gasteiger partial charge in [0.2, 0.25) is 5.95 Å². The second-order valence-electron chi connectivity index (χ2n) is 4.23. The molecule has 17 heavy (non-hydrogen) atoms. The van der Waals surface area contributed by atoms with E-state index in [-0.39, 0.29) is 0 Å². The first-order chi connectivity index (χ1) is 8.22. The number of ether oxygens (including phenoxy) is 1. The van der Waals surface area contributed by atoms with Crippen molar-refractivity contribution in [3.05, 3.63) is 17.5 Å². The van der Waals surface area contributed by atoms with Gasteiger partial charge >= 0.3 is 0 Å². The van der Waals surface area contributed by atoms with E-state index in [1.54, 1.807) is 13.2 Å². The van der Waals surface area contributed by atoms with E-state index in [2.05, 4.69) is 20.9 Å². The molecule has 5 heteroatoms. The fourth-order valence-corrected chi connectivity index (χ4v) is 2.04. The van der Waals surface area contributed by atoms with Crippen LogP contribution < -0.4 is 4.90 Å². The number of nitriles is 1. The van der Waals surface area contributed by atoms with E-state index >= 15 is 0 Å². The molecule has 1 fully saturated rings. The zero-order valence-electron chi connectivity index (χ0n) is 10.2. The minimum absolute atomic E-state index is 0.339. The van der Waals surface area contributed by atoms with E-state index in [0.29, 0.717) is 17.7 Å². The Hall–Kier alpha value is -1.67. The highest BCUT2D eigenvalue weighted by molar-refractivity contribution is 5.36. The number of aryl methyl sites for hydroxylation is 1. The Morgan fingerprint density at radius 3 is 2.71 bits per heavy atom. The summed E-state index contributed by atoms with van der Waals surface area (Å²) in [5.41, 5.74) is 1.27. The molecule has 2 heterocycles. The largest absolute Gasteiger partial charge is 0.381 e. The van der Waals surface area contributed by atoms with E-state index < -0.39 is 0 Å². The lowest BCUT2D eigenvalue weighted by Gasteiger charge is -2.31. The van der Waals surface area contributed by atoms with Crippen molar-refractivity contribution in [2.24, 2.45) is 0 Å². The topological polar surface area (TPSA) is 62.0 Å². The molecule has 1 aromatic rings. The summed E-state index contributed by atoms with van der Waals surface area (Å²) < 4.78 is 5.32. The maximum atomic E-state index is 8.89. The van der Waals surface area contributed by atoms with Crippen LogP contribution in [0.1, 0.15) is 24.2 Å². The zero-order chi connectivity index (χ0) is 12.3. The second kappa shape index (κ2) is 5.11. The summed E-state index contributed by atoms with van der Waals surface area (Å²) in [5.74, 6) is 0.663. The third-order valence-electron chi connectivity index (χ3n) is 3.02. The van der Waals surface area contributed by atoms with Crippen molar-refractivity contribution in [3.8, 4) is 6.07 Å². The van der Waals surface area contributed by atoms with Crippen LogP contribution in [0.4, 0.5) is 5.95 Å². The number of hydrogen-bond acceptors (Lipinski definition) is 5. The molecule has 0 aromatic carbocycles. The Morgan fingerprint density at radius 1 is 1.41 bits per heavy atom. The van der Waals surface area contributed by atoms with Crippen LogP contribution in [0.25, 0.3) is 0 Å². The SMILES string of the molecule is COC1CCN(c2nc(C)cc(C#N)n2)CC1. The number of rotatable bonds is 2. The van der Waals surface area contributed by atoms with Gasteiger partial charge in [-0.15, -0.1) is 0 Å². The first-order valence-electron chi connectivity index (χ1n) is 5.76. The smallest absolute Gasteiger partial charge is 0.226 e. The average Bonchev–Trinajstić information content (AvgIpc) is 2.38. The van der Waals surface area contributed by atoms with Gasteiger partial charge in [-0.25, -0.2) is 9.97 Å². The van der Waals surface area contributed by atoms with Crippen LogP contribution in [0, 0.1) is 18.3 Å². The molecule has 5 nitrogen and oxygen atoms in total. The standard InChI is InChI=1S/C12H16N4O/c1-9-7-10(8-13)15-12(14-9)16-5-3-11(17-2)4-6-16/h7,11H,3-6H2,1-2H3. The molecule has 1 aliphatic heterocycles. The van der Waals surface area contributed by atoms with Gasteiger partial charge in [0, 0.05) is 25.9 Å². The van der Waals surface area contributed by atoms with E-state index in [0.717, 1.165) is 31.6 Å². The van der Waals surface area contributed by atoms with Crippen molar-refractivity contribution >= 4 is 5.95 Å². The molecule has 0 amide bonds. The van der Waals surface area contributed by atoms with E-state index in [4.69, 9.17) is 10.00 Å². The number of aromatic nitrogens is 2. The average molecular weight is 232 g/mol. The molecule has 1 saturated heterocycles. The first-order valence-corrected chi connectivity index (χ1v) is 5.76. The molecule has 0 saturated carbocycles. The zero-order valence-corrected chi connectivity index (χ0v) is 10.2. The molecular formula is C12H16N4O. The Labute approximate surface area is 101 Å². The highest BCUT2D eigenvalue weighted by Crippen LogP contribution is 2.18. The lowest BCUT2D eigenvalue weighted by molar-refractivity contribution is 0.0816. The van der Waals surface area contributed by atoms with Gasteiger partial charge in [0.05, 0.1) is 6.10 Å². The summed E-state index contributed by atoms with van der Waals surface area (Å²) in [6.45, 7) is 3.65. The van der Waals surface area contributed by atoms with Gasteiger partial charge in [-0.3, -0.25) is 0 Å². The van der Waals surface area contributed by atoms with Crippen molar-refractivity contribution in [3.63, 3.8) is 0 Å². The maximum Gasteiger partial charge on any atom is 0.226 e. The van der Waals surface area contributed by atoms with Crippen LogP contribution >= 0.6 is 0 Å². The minimum Gasteiger partial charge on any atom is -0.381 e. The summed E-state index contributed by atoms with van der Waals surface area (Å²) in [7, 11) is 1.75. The number of piperidine rings is 1. The third kappa shape index (κ3) is 2.71. The quantitative estimate of drug-likeness (QED) is 0.768. The summed E-state index contributed by atoms with van der Waals surface area (Å²) in [4.78, 5) is 10.7. The van der Waals surface area contributed by atoms with Crippen LogP contribution in [0.3, 0.4) is 0 Å². The maximum absolute atomic E-state index is 8.89. The van der Waals surface area contributed by atoms with Gasteiger partial charge in [-0.2, -0.15) is 5.26 Å². The predicted molar refractivity (Wildman–Crippen MR) is 63.7 cm³/mol. The fraction of sp³-hybridized carbons (Fsp3) is 0.583. The molecule has 0 N–H and O–H groups in total. The number of anilines is 1. The van der Waals surface area contributed by atoms with Gasteiger partial charge in [-0.1, -0.05) is 0 Å². The molecule has 0 radical (unpaired) electrons. The second-order valence-corrected chi connectivity index (χ2v) is 4.23.